The molecule has 0 bridgehead atoms. The highest BCUT2D eigenvalue weighted by molar-refractivity contribution is 6.35. The number of likely N-dealkylation sites (N-methyl/N-ethyl adjacent to an activating group) is 1. The Morgan fingerprint density at radius 3 is 2.52 bits per heavy atom. The average Bonchev–Trinajstić information content (AvgIpc) is 2.52. The lowest BCUT2D eigenvalue weighted by molar-refractivity contribution is -0.156. The number of ether oxygens (including phenoxy) is 1. The lowest BCUT2D eigenvalue weighted by Gasteiger charge is -2.32. The van der Waals surface area contributed by atoms with Gasteiger partial charge in [-0.3, -0.25) is 14.4 Å². The van der Waals surface area contributed by atoms with Gasteiger partial charge in [0.05, 0.1) is 12.8 Å². The van der Waals surface area contributed by atoms with E-state index in [1.807, 2.05) is 6.92 Å². The molecule has 23 heavy (non-hydrogen) atoms. The van der Waals surface area contributed by atoms with Gasteiger partial charge in [0.1, 0.15) is 12.3 Å². The van der Waals surface area contributed by atoms with E-state index in [4.69, 9.17) is 10.5 Å². The van der Waals surface area contributed by atoms with E-state index >= 15 is 0 Å². The number of methoxy groups -OCH3 is 1. The van der Waals surface area contributed by atoms with Gasteiger partial charge < -0.3 is 25.6 Å². The average molecular weight is 320 g/mol. The van der Waals surface area contributed by atoms with Crippen molar-refractivity contribution in [2.45, 2.75) is 6.92 Å². The molecule has 8 nitrogen and oxygen atoms in total. The maximum Gasteiger partial charge on any atom is 0.312 e. The van der Waals surface area contributed by atoms with Crippen molar-refractivity contribution in [1.29, 1.82) is 0 Å². The zero-order valence-electron chi connectivity index (χ0n) is 13.2. The standard InChI is InChI=1S/C15H20N4O4/c1-3-18-6-7-19(15(22)14(18)21)9-13(20)17-10-4-5-12(23-2)11(16)8-10/h4-5,8H,3,6-7,9,16H2,1-2H3,(H,17,20). The first-order valence-corrected chi connectivity index (χ1v) is 7.27. The van der Waals surface area contributed by atoms with Crippen molar-refractivity contribution in [3.8, 4) is 5.75 Å². The number of nitrogens with two attached hydrogens (primary N) is 1. The number of benzene rings is 1. The largest absolute Gasteiger partial charge is 0.495 e. The van der Waals surface area contributed by atoms with Gasteiger partial charge in [0.15, 0.2) is 0 Å². The molecule has 8 heteroatoms. The van der Waals surface area contributed by atoms with Crippen molar-refractivity contribution in [1.82, 2.24) is 9.80 Å². The molecule has 0 atom stereocenters. The second-order valence-electron chi connectivity index (χ2n) is 5.12. The highest BCUT2D eigenvalue weighted by Crippen LogP contribution is 2.24. The third-order valence-electron chi connectivity index (χ3n) is 3.63. The Labute approximate surface area is 134 Å². The topological polar surface area (TPSA) is 105 Å². The number of nitrogens with zero attached hydrogens (tertiary/aromatic N) is 2. The highest BCUT2D eigenvalue weighted by Gasteiger charge is 2.32. The minimum atomic E-state index is -0.650. The van der Waals surface area contributed by atoms with Gasteiger partial charge in [-0.1, -0.05) is 0 Å². The zero-order chi connectivity index (χ0) is 17.0. The number of hydrogen-bond donors (Lipinski definition) is 2. The molecule has 1 heterocycles. The highest BCUT2D eigenvalue weighted by atomic mass is 16.5. The van der Waals surface area contributed by atoms with Gasteiger partial charge in [-0.15, -0.1) is 0 Å². The number of hydrogen-bond acceptors (Lipinski definition) is 5. The van der Waals surface area contributed by atoms with Crippen molar-refractivity contribution < 1.29 is 19.1 Å². The van der Waals surface area contributed by atoms with Crippen LogP contribution in [0.25, 0.3) is 0 Å². The molecular weight excluding hydrogens is 300 g/mol. The van der Waals surface area contributed by atoms with Crippen LogP contribution in [-0.2, 0) is 14.4 Å². The Morgan fingerprint density at radius 2 is 1.91 bits per heavy atom. The lowest BCUT2D eigenvalue weighted by Crippen LogP contribution is -2.55. The van der Waals surface area contributed by atoms with Crippen molar-refractivity contribution in [3.63, 3.8) is 0 Å². The summed E-state index contributed by atoms with van der Waals surface area (Å²) in [6.45, 7) is 2.89. The molecule has 2 rings (SSSR count). The first kappa shape index (κ1) is 16.6. The van der Waals surface area contributed by atoms with Crippen LogP contribution in [0.15, 0.2) is 18.2 Å². The SMILES string of the molecule is CCN1CCN(CC(=O)Nc2ccc(OC)c(N)c2)C(=O)C1=O. The van der Waals surface area contributed by atoms with Gasteiger partial charge in [-0.25, -0.2) is 0 Å². The Hall–Kier alpha value is -2.77. The smallest absolute Gasteiger partial charge is 0.312 e. The summed E-state index contributed by atoms with van der Waals surface area (Å²) in [5, 5.41) is 2.65. The summed E-state index contributed by atoms with van der Waals surface area (Å²) in [5.74, 6) is -1.09. The second-order valence-corrected chi connectivity index (χ2v) is 5.12. The lowest BCUT2D eigenvalue weighted by atomic mass is 10.2. The fraction of sp³-hybridized carbons (Fsp3) is 0.400. The van der Waals surface area contributed by atoms with E-state index in [-0.39, 0.29) is 12.5 Å². The number of amides is 3. The van der Waals surface area contributed by atoms with Crippen molar-refractivity contribution in [2.75, 3.05) is 44.3 Å². The predicted octanol–water partition coefficient (Wildman–Crippen LogP) is -0.0934. The maximum atomic E-state index is 12.0. The Bertz CT molecular complexity index is 632. The molecule has 0 radical (unpaired) electrons. The third kappa shape index (κ3) is 3.71. The van der Waals surface area contributed by atoms with Gasteiger partial charge >= 0.3 is 11.8 Å². The van der Waals surface area contributed by atoms with Gasteiger partial charge in [0.25, 0.3) is 0 Å². The molecule has 124 valence electrons. The first-order valence-electron chi connectivity index (χ1n) is 7.27. The van der Waals surface area contributed by atoms with Crippen LogP contribution in [0.1, 0.15) is 6.92 Å². The molecule has 1 aromatic carbocycles. The van der Waals surface area contributed by atoms with Crippen LogP contribution in [0, 0.1) is 0 Å². The number of nitrogens with one attached hydrogen (secondary N) is 1. The normalized spacial score (nSPS) is 14.9. The molecule has 1 aliphatic rings. The third-order valence-corrected chi connectivity index (χ3v) is 3.63. The van der Waals surface area contributed by atoms with E-state index in [0.717, 1.165) is 0 Å². The fourth-order valence-electron chi connectivity index (χ4n) is 2.35. The van der Waals surface area contributed by atoms with Crippen molar-refractivity contribution >= 4 is 29.1 Å². The summed E-state index contributed by atoms with van der Waals surface area (Å²) in [7, 11) is 1.50. The number of nitrogen functional groups attached to an aromatic ring is 1. The number of piperazine rings is 1. The Kier molecular flexibility index (Phi) is 5.05. The number of anilines is 2. The maximum absolute atomic E-state index is 12.0. The number of carbonyl (C=O) groups excluding carboxylic acids is 3. The molecule has 1 aliphatic heterocycles. The second kappa shape index (κ2) is 6.99. The molecule has 1 aromatic rings. The van der Waals surface area contributed by atoms with Gasteiger partial charge in [0, 0.05) is 25.3 Å². The van der Waals surface area contributed by atoms with Crippen LogP contribution in [0.5, 0.6) is 5.75 Å². The molecule has 1 fully saturated rings. The van der Waals surface area contributed by atoms with E-state index in [0.29, 0.717) is 36.8 Å². The molecule has 0 aromatic heterocycles. The molecule has 0 saturated carbocycles. The molecule has 0 aliphatic carbocycles. The monoisotopic (exact) mass is 320 g/mol. The summed E-state index contributed by atoms with van der Waals surface area (Å²) < 4.78 is 5.04. The van der Waals surface area contributed by atoms with E-state index in [2.05, 4.69) is 5.32 Å². The van der Waals surface area contributed by atoms with Crippen LogP contribution in [0.4, 0.5) is 11.4 Å². The summed E-state index contributed by atoms with van der Waals surface area (Å²) in [4.78, 5) is 38.5. The van der Waals surface area contributed by atoms with Crippen LogP contribution in [0.2, 0.25) is 0 Å². The van der Waals surface area contributed by atoms with Crippen molar-refractivity contribution in [2.24, 2.45) is 0 Å². The number of carbonyl (C=O) groups is 3. The van der Waals surface area contributed by atoms with E-state index in [1.165, 1.54) is 16.9 Å². The summed E-state index contributed by atoms with van der Waals surface area (Å²) in [6, 6.07) is 4.85. The van der Waals surface area contributed by atoms with Crippen molar-refractivity contribution in [3.05, 3.63) is 18.2 Å². The first-order chi connectivity index (χ1) is 11.0. The quantitative estimate of drug-likeness (QED) is 0.582. The summed E-state index contributed by atoms with van der Waals surface area (Å²) in [6.07, 6.45) is 0. The van der Waals surface area contributed by atoms with Crippen LogP contribution in [-0.4, -0.2) is 60.8 Å². The van der Waals surface area contributed by atoms with Crippen LogP contribution in [0.3, 0.4) is 0 Å². The van der Waals surface area contributed by atoms with Gasteiger partial charge in [-0.2, -0.15) is 0 Å². The van der Waals surface area contributed by atoms with E-state index < -0.39 is 11.8 Å². The molecule has 0 spiro atoms. The Balaban J connectivity index is 1.96. The summed E-state index contributed by atoms with van der Waals surface area (Å²) in [5.41, 5.74) is 6.67. The zero-order valence-corrected chi connectivity index (χ0v) is 13.2. The van der Waals surface area contributed by atoms with Crippen LogP contribution >= 0.6 is 0 Å². The molecular formula is C15H20N4O4. The molecule has 3 N–H and O–H groups in total. The fourth-order valence-corrected chi connectivity index (χ4v) is 2.35. The van der Waals surface area contributed by atoms with Gasteiger partial charge in [-0.05, 0) is 25.1 Å². The number of rotatable bonds is 5. The Morgan fingerprint density at radius 1 is 1.26 bits per heavy atom. The van der Waals surface area contributed by atoms with E-state index in [9.17, 15) is 14.4 Å². The predicted molar refractivity (Wildman–Crippen MR) is 84.9 cm³/mol. The minimum Gasteiger partial charge on any atom is -0.495 e. The molecule has 3 amide bonds. The van der Waals surface area contributed by atoms with Gasteiger partial charge in [0.2, 0.25) is 5.91 Å². The summed E-state index contributed by atoms with van der Waals surface area (Å²) >= 11 is 0. The van der Waals surface area contributed by atoms with E-state index in [1.54, 1.807) is 18.2 Å². The van der Waals surface area contributed by atoms with Crippen LogP contribution < -0.4 is 15.8 Å². The minimum absolute atomic E-state index is 0.173. The molecule has 1 saturated heterocycles. The molecule has 0 unspecified atom stereocenters.